The van der Waals surface area contributed by atoms with Gasteiger partial charge in [-0.15, -0.1) is 0 Å². The Morgan fingerprint density at radius 3 is 2.60 bits per heavy atom. The molecule has 0 aliphatic heterocycles. The third kappa shape index (κ3) is 4.81. The highest BCUT2D eigenvalue weighted by Crippen LogP contribution is 2.29. The molecule has 4 heteroatoms. The van der Waals surface area contributed by atoms with E-state index in [0.29, 0.717) is 0 Å². The van der Waals surface area contributed by atoms with E-state index >= 15 is 0 Å². The van der Waals surface area contributed by atoms with E-state index in [1.54, 1.807) is 17.8 Å². The van der Waals surface area contributed by atoms with Crippen molar-refractivity contribution in [3.63, 3.8) is 0 Å². The molecule has 0 aliphatic rings. The van der Waals surface area contributed by atoms with Gasteiger partial charge in [0, 0.05) is 16.5 Å². The first-order chi connectivity index (χ1) is 12.2. The molecule has 0 amide bonds. The average molecular weight is 347 g/mol. The first kappa shape index (κ1) is 17.0. The van der Waals surface area contributed by atoms with E-state index in [1.165, 1.54) is 13.2 Å². The Morgan fingerprint density at radius 1 is 1.00 bits per heavy atom. The van der Waals surface area contributed by atoms with Crippen molar-refractivity contribution in [3.05, 3.63) is 84.4 Å². The van der Waals surface area contributed by atoms with Crippen LogP contribution in [0.4, 0.5) is 0 Å². The van der Waals surface area contributed by atoms with Crippen LogP contribution in [-0.2, 0) is 9.53 Å². The molecule has 2 aromatic carbocycles. The largest absolute Gasteiger partial charge is 0.466 e. The average Bonchev–Trinajstić information content (AvgIpc) is 2.67. The molecule has 0 radical (unpaired) electrons. The summed E-state index contributed by atoms with van der Waals surface area (Å²) >= 11 is 1.59. The Balaban J connectivity index is 1.79. The van der Waals surface area contributed by atoms with Crippen LogP contribution < -0.4 is 0 Å². The maximum atomic E-state index is 11.2. The molecule has 25 heavy (non-hydrogen) atoms. The number of nitrogens with zero attached hydrogens (tertiary/aromatic N) is 1. The molecular weight excluding hydrogens is 330 g/mol. The third-order valence-corrected chi connectivity index (χ3v) is 4.41. The Labute approximate surface area is 151 Å². The number of methoxy groups -OCH3 is 1. The minimum Gasteiger partial charge on any atom is -0.466 e. The van der Waals surface area contributed by atoms with Crippen LogP contribution in [0.3, 0.4) is 0 Å². The summed E-state index contributed by atoms with van der Waals surface area (Å²) in [5.74, 6) is -0.365. The van der Waals surface area contributed by atoms with Crippen LogP contribution in [0.15, 0.2) is 88.8 Å². The Kier molecular flexibility index (Phi) is 5.65. The molecule has 0 saturated carbocycles. The number of pyridine rings is 1. The van der Waals surface area contributed by atoms with Gasteiger partial charge in [0.15, 0.2) is 0 Å². The van der Waals surface area contributed by atoms with Gasteiger partial charge in [-0.3, -0.25) is 0 Å². The number of carbonyl (C=O) groups is 1. The molecule has 0 spiro atoms. The van der Waals surface area contributed by atoms with Crippen molar-refractivity contribution in [2.45, 2.75) is 9.92 Å². The van der Waals surface area contributed by atoms with Gasteiger partial charge in [0.1, 0.15) is 5.03 Å². The molecule has 3 nitrogen and oxygen atoms in total. The predicted octanol–water partition coefficient (Wildman–Crippen LogP) is 5.09. The summed E-state index contributed by atoms with van der Waals surface area (Å²) in [6.45, 7) is 0. The van der Waals surface area contributed by atoms with Crippen LogP contribution >= 0.6 is 11.8 Å². The lowest BCUT2D eigenvalue weighted by molar-refractivity contribution is -0.134. The summed E-state index contributed by atoms with van der Waals surface area (Å²) in [4.78, 5) is 17.0. The van der Waals surface area contributed by atoms with Gasteiger partial charge in [-0.2, -0.15) is 0 Å². The van der Waals surface area contributed by atoms with E-state index in [-0.39, 0.29) is 5.97 Å². The number of rotatable bonds is 5. The van der Waals surface area contributed by atoms with Crippen molar-refractivity contribution in [1.82, 2.24) is 4.98 Å². The first-order valence-corrected chi connectivity index (χ1v) is 8.63. The van der Waals surface area contributed by atoms with Crippen molar-refractivity contribution < 1.29 is 9.53 Å². The second-order valence-corrected chi connectivity index (χ2v) is 6.35. The van der Waals surface area contributed by atoms with E-state index in [4.69, 9.17) is 4.98 Å². The normalized spacial score (nSPS) is 10.8. The molecule has 0 fully saturated rings. The Morgan fingerprint density at radius 2 is 1.80 bits per heavy atom. The van der Waals surface area contributed by atoms with Gasteiger partial charge in [0.2, 0.25) is 0 Å². The molecule has 0 aliphatic carbocycles. The Bertz CT molecular complexity index is 891. The number of benzene rings is 2. The number of ether oxygens (including phenoxy) is 1. The van der Waals surface area contributed by atoms with Crippen molar-refractivity contribution in [3.8, 4) is 11.3 Å². The summed E-state index contributed by atoms with van der Waals surface area (Å²) in [6, 6.07) is 24.1. The van der Waals surface area contributed by atoms with Crippen LogP contribution in [0.5, 0.6) is 0 Å². The summed E-state index contributed by atoms with van der Waals surface area (Å²) in [6.07, 6.45) is 3.15. The summed E-state index contributed by atoms with van der Waals surface area (Å²) in [5, 5.41) is 0.926. The molecule has 124 valence electrons. The van der Waals surface area contributed by atoms with Gasteiger partial charge in [0.25, 0.3) is 0 Å². The van der Waals surface area contributed by atoms with E-state index < -0.39 is 0 Å². The molecule has 1 aromatic heterocycles. The quantitative estimate of drug-likeness (QED) is 0.476. The summed E-state index contributed by atoms with van der Waals surface area (Å²) in [7, 11) is 1.37. The number of hydrogen-bond acceptors (Lipinski definition) is 4. The number of hydrogen-bond donors (Lipinski definition) is 0. The second-order valence-electron chi connectivity index (χ2n) is 5.26. The zero-order valence-electron chi connectivity index (χ0n) is 13.8. The SMILES string of the molecule is COC(=O)C=Cc1cccc(Sc2cccc(-c3ccccc3)n2)c1. The molecule has 0 unspecified atom stereocenters. The topological polar surface area (TPSA) is 39.2 Å². The molecule has 1 heterocycles. The minimum atomic E-state index is -0.365. The van der Waals surface area contributed by atoms with Crippen LogP contribution in [0, 0.1) is 0 Å². The fraction of sp³-hybridized carbons (Fsp3) is 0.0476. The van der Waals surface area contributed by atoms with Gasteiger partial charge < -0.3 is 4.74 Å². The second kappa shape index (κ2) is 8.31. The lowest BCUT2D eigenvalue weighted by atomic mass is 10.1. The zero-order chi connectivity index (χ0) is 17.5. The first-order valence-electron chi connectivity index (χ1n) is 7.81. The smallest absolute Gasteiger partial charge is 0.330 e. The highest BCUT2D eigenvalue weighted by atomic mass is 32.2. The van der Waals surface area contributed by atoms with Gasteiger partial charge in [-0.25, -0.2) is 9.78 Å². The standard InChI is InChI=1S/C21H17NO2S/c1-24-21(23)14-13-16-7-5-10-18(15-16)25-20-12-6-11-19(22-20)17-8-3-2-4-9-17/h2-15H,1H3. The maximum Gasteiger partial charge on any atom is 0.330 e. The lowest BCUT2D eigenvalue weighted by Crippen LogP contribution is -1.93. The number of carbonyl (C=O) groups excluding carboxylic acids is 1. The van der Waals surface area contributed by atoms with Gasteiger partial charge in [0.05, 0.1) is 12.8 Å². The molecule has 0 atom stereocenters. The minimum absolute atomic E-state index is 0.365. The van der Waals surface area contributed by atoms with E-state index in [2.05, 4.69) is 16.9 Å². The maximum absolute atomic E-state index is 11.2. The molecule has 0 bridgehead atoms. The predicted molar refractivity (Wildman–Crippen MR) is 101 cm³/mol. The summed E-state index contributed by atoms with van der Waals surface area (Å²) < 4.78 is 4.61. The summed E-state index contributed by atoms with van der Waals surface area (Å²) in [5.41, 5.74) is 2.99. The fourth-order valence-electron chi connectivity index (χ4n) is 2.28. The Hall–Kier alpha value is -2.85. The zero-order valence-corrected chi connectivity index (χ0v) is 14.6. The monoisotopic (exact) mass is 347 g/mol. The van der Waals surface area contributed by atoms with Crippen molar-refractivity contribution in [2.24, 2.45) is 0 Å². The van der Waals surface area contributed by atoms with Gasteiger partial charge >= 0.3 is 5.97 Å². The third-order valence-electron chi connectivity index (χ3n) is 3.49. The van der Waals surface area contributed by atoms with Crippen LogP contribution in [0.2, 0.25) is 0 Å². The fourth-order valence-corrected chi connectivity index (χ4v) is 3.15. The van der Waals surface area contributed by atoms with E-state index in [1.807, 2.05) is 60.7 Å². The van der Waals surface area contributed by atoms with Crippen molar-refractivity contribution in [2.75, 3.05) is 7.11 Å². The van der Waals surface area contributed by atoms with Crippen LogP contribution in [0.1, 0.15) is 5.56 Å². The van der Waals surface area contributed by atoms with Crippen molar-refractivity contribution in [1.29, 1.82) is 0 Å². The molecular formula is C21H17NO2S. The molecule has 3 rings (SSSR count). The molecule has 3 aromatic rings. The van der Waals surface area contributed by atoms with Crippen molar-refractivity contribution >= 4 is 23.8 Å². The highest BCUT2D eigenvalue weighted by molar-refractivity contribution is 7.99. The van der Waals surface area contributed by atoms with Gasteiger partial charge in [-0.05, 0) is 35.9 Å². The van der Waals surface area contributed by atoms with E-state index in [0.717, 1.165) is 26.7 Å². The van der Waals surface area contributed by atoms with Crippen LogP contribution in [-0.4, -0.2) is 18.1 Å². The lowest BCUT2D eigenvalue weighted by Gasteiger charge is -2.05. The molecule has 0 saturated heterocycles. The number of esters is 1. The van der Waals surface area contributed by atoms with Crippen LogP contribution in [0.25, 0.3) is 17.3 Å². The number of aromatic nitrogens is 1. The van der Waals surface area contributed by atoms with Gasteiger partial charge in [-0.1, -0.05) is 60.3 Å². The van der Waals surface area contributed by atoms with E-state index in [9.17, 15) is 4.79 Å². The highest BCUT2D eigenvalue weighted by Gasteiger charge is 2.03. The molecule has 0 N–H and O–H groups in total.